The minimum atomic E-state index is -0.697. The number of hydrogen-bond donors (Lipinski definition) is 2. The summed E-state index contributed by atoms with van der Waals surface area (Å²) >= 11 is 0. The second-order valence-electron chi connectivity index (χ2n) is 15.6. The molecule has 3 fully saturated rings. The highest BCUT2D eigenvalue weighted by molar-refractivity contribution is 5.96. The van der Waals surface area contributed by atoms with Gasteiger partial charge in [-0.05, 0) is 81.9 Å². The summed E-state index contributed by atoms with van der Waals surface area (Å²) in [5.41, 5.74) is 7.64. The average Bonchev–Trinajstić information content (AvgIpc) is 3.56. The molecule has 0 radical (unpaired) electrons. The van der Waals surface area contributed by atoms with Crippen molar-refractivity contribution in [2.45, 2.75) is 138 Å². The van der Waals surface area contributed by atoms with Crippen LogP contribution in [-0.2, 0) is 19.1 Å². The van der Waals surface area contributed by atoms with Gasteiger partial charge >= 0.3 is 5.97 Å². The van der Waals surface area contributed by atoms with Crippen molar-refractivity contribution in [2.75, 3.05) is 0 Å². The molecule has 1 heterocycles. The third-order valence-electron chi connectivity index (χ3n) is 10.3. The Morgan fingerprint density at radius 3 is 1.90 bits per heavy atom. The highest BCUT2D eigenvalue weighted by atomic mass is 16.6. The molecule has 1 saturated heterocycles. The van der Waals surface area contributed by atoms with Crippen LogP contribution in [0.25, 0.3) is 0 Å². The van der Waals surface area contributed by atoms with Crippen LogP contribution in [0, 0.1) is 10.8 Å². The lowest BCUT2D eigenvalue weighted by atomic mass is 9.61. The molecule has 0 aromatic rings. The summed E-state index contributed by atoms with van der Waals surface area (Å²) in [4.78, 5) is 24.5. The first kappa shape index (κ1) is 39.2. The summed E-state index contributed by atoms with van der Waals surface area (Å²) in [6.45, 7) is 21.7. The van der Waals surface area contributed by atoms with Crippen LogP contribution in [0.3, 0.4) is 0 Å². The Hall–Kier alpha value is -3.28. The number of ether oxygens (including phenoxy) is 2. The fourth-order valence-electron chi connectivity index (χ4n) is 7.41. The SMILES string of the molecule is CC(=O)OC1C[C@@H](O)C(=C=C(C)/C(C)=C/C=C/C(C)=C/C=C/C=C(C)\C=C/C=C(\C)C(=O)C[C@@]23O[C@]2(C)C[C@@H](O)CC3(C)C)C(C)(C)C1. The predicted molar refractivity (Wildman–Crippen MR) is 194 cm³/mol. The molecule has 3 aliphatic rings. The zero-order valence-corrected chi connectivity index (χ0v) is 31.1. The van der Waals surface area contributed by atoms with Gasteiger partial charge in [0.2, 0.25) is 0 Å². The summed E-state index contributed by atoms with van der Waals surface area (Å²) in [5.74, 6) is -0.237. The number of ketones is 1. The van der Waals surface area contributed by atoms with Gasteiger partial charge in [-0.15, -0.1) is 5.73 Å². The molecule has 2 aliphatic carbocycles. The van der Waals surface area contributed by atoms with Gasteiger partial charge in [-0.2, -0.15) is 0 Å². The molecule has 3 rings (SSSR count). The van der Waals surface area contributed by atoms with Crippen molar-refractivity contribution in [1.82, 2.24) is 0 Å². The van der Waals surface area contributed by atoms with Crippen molar-refractivity contribution in [3.63, 3.8) is 0 Å². The molecular formula is C42H58O6. The van der Waals surface area contributed by atoms with E-state index in [1.54, 1.807) is 0 Å². The maximum Gasteiger partial charge on any atom is 0.302 e. The molecule has 0 amide bonds. The van der Waals surface area contributed by atoms with Gasteiger partial charge < -0.3 is 19.7 Å². The number of esters is 1. The van der Waals surface area contributed by atoms with Crippen molar-refractivity contribution in [2.24, 2.45) is 10.8 Å². The van der Waals surface area contributed by atoms with Gasteiger partial charge in [-0.25, -0.2) is 0 Å². The van der Waals surface area contributed by atoms with Crippen LogP contribution in [0.5, 0.6) is 0 Å². The monoisotopic (exact) mass is 658 g/mol. The molecule has 0 aromatic carbocycles. The van der Waals surface area contributed by atoms with Crippen LogP contribution in [0.15, 0.2) is 99.9 Å². The molecule has 1 aliphatic heterocycles. The molecular weight excluding hydrogens is 600 g/mol. The van der Waals surface area contributed by atoms with Crippen molar-refractivity contribution in [3.05, 3.63) is 99.9 Å². The third-order valence-corrected chi connectivity index (χ3v) is 10.3. The quantitative estimate of drug-likeness (QED) is 0.0758. The Kier molecular flexibility index (Phi) is 12.7. The number of fused-ring (bicyclic) bond motifs is 1. The van der Waals surface area contributed by atoms with E-state index in [4.69, 9.17) is 9.47 Å². The first-order chi connectivity index (χ1) is 22.2. The van der Waals surface area contributed by atoms with Crippen LogP contribution in [-0.4, -0.2) is 51.5 Å². The number of allylic oxidation sites excluding steroid dienone is 14. The number of epoxide rings is 1. The van der Waals surface area contributed by atoms with Gasteiger partial charge in [0.25, 0.3) is 0 Å². The zero-order valence-electron chi connectivity index (χ0n) is 31.1. The summed E-state index contributed by atoms with van der Waals surface area (Å²) in [5, 5.41) is 21.1. The van der Waals surface area contributed by atoms with E-state index in [0.29, 0.717) is 37.7 Å². The molecule has 0 spiro atoms. The number of aliphatic hydroxyl groups is 2. The second-order valence-corrected chi connectivity index (χ2v) is 15.6. The number of carbonyl (C=O) groups is 2. The van der Waals surface area contributed by atoms with Crippen molar-refractivity contribution in [3.8, 4) is 0 Å². The number of rotatable bonds is 11. The van der Waals surface area contributed by atoms with Gasteiger partial charge in [0.1, 0.15) is 11.7 Å². The van der Waals surface area contributed by atoms with Crippen LogP contribution >= 0.6 is 0 Å². The number of carbonyl (C=O) groups excluding carboxylic acids is 2. The van der Waals surface area contributed by atoms with Crippen molar-refractivity contribution >= 4 is 11.8 Å². The van der Waals surface area contributed by atoms with E-state index in [1.807, 2.05) is 102 Å². The standard InChI is InChI=1S/C42H58O6/c1-28(18-14-20-30(3)32(5)22-36-37(45)23-35(47-33(6)43)26-39(36,7)8)16-12-13-17-29(2)19-15-21-31(4)38(46)27-42-40(9,10)24-34(44)25-41(42,11)48-42/h12-21,34-35,37,44-45H,23-27H2,1-11H3/b13-12+,18-14+,19-15-,28-16+,29-17-,30-20+,31-21+/t22?,34-,35?,37+,41+,42-/m0/s1. The molecule has 262 valence electrons. The van der Waals surface area contributed by atoms with Crippen LogP contribution in [0.2, 0.25) is 0 Å². The maximum atomic E-state index is 13.1. The summed E-state index contributed by atoms with van der Waals surface area (Å²) in [6.07, 6.45) is 21.1. The first-order valence-corrected chi connectivity index (χ1v) is 17.2. The molecule has 2 N–H and O–H groups in total. The molecule has 1 unspecified atom stereocenters. The molecule has 0 bridgehead atoms. The maximum absolute atomic E-state index is 13.1. The van der Waals surface area contributed by atoms with Crippen LogP contribution in [0.4, 0.5) is 0 Å². The van der Waals surface area contributed by atoms with E-state index < -0.39 is 17.3 Å². The number of hydrogen-bond acceptors (Lipinski definition) is 6. The normalized spacial score (nSPS) is 30.9. The van der Waals surface area contributed by atoms with E-state index in [0.717, 1.165) is 27.9 Å². The molecule has 5 atom stereocenters. The molecule has 0 aromatic heterocycles. The van der Waals surface area contributed by atoms with E-state index >= 15 is 0 Å². The Morgan fingerprint density at radius 1 is 0.812 bits per heavy atom. The Balaban J connectivity index is 1.55. The second kappa shape index (κ2) is 15.5. The smallest absolute Gasteiger partial charge is 0.302 e. The Morgan fingerprint density at radius 2 is 1.38 bits per heavy atom. The van der Waals surface area contributed by atoms with Gasteiger partial charge in [0, 0.05) is 31.8 Å². The van der Waals surface area contributed by atoms with Gasteiger partial charge in [-0.3, -0.25) is 9.59 Å². The van der Waals surface area contributed by atoms with Gasteiger partial charge in [0.15, 0.2) is 5.78 Å². The van der Waals surface area contributed by atoms with Crippen LogP contribution < -0.4 is 0 Å². The predicted octanol–water partition coefficient (Wildman–Crippen LogP) is 8.69. The van der Waals surface area contributed by atoms with Crippen molar-refractivity contribution in [1.29, 1.82) is 0 Å². The molecule has 48 heavy (non-hydrogen) atoms. The van der Waals surface area contributed by atoms with E-state index in [-0.39, 0.29) is 34.8 Å². The van der Waals surface area contributed by atoms with Gasteiger partial charge in [0.05, 0.1) is 17.8 Å². The minimum Gasteiger partial charge on any atom is -0.462 e. The first-order valence-electron chi connectivity index (χ1n) is 17.2. The summed E-state index contributed by atoms with van der Waals surface area (Å²) in [7, 11) is 0. The van der Waals surface area contributed by atoms with Crippen molar-refractivity contribution < 1.29 is 29.3 Å². The van der Waals surface area contributed by atoms with E-state index in [1.165, 1.54) is 6.92 Å². The highest BCUT2D eigenvalue weighted by Crippen LogP contribution is 2.67. The molecule has 6 nitrogen and oxygen atoms in total. The number of Topliss-reactive ketones (excluding diaryl/α,β-unsaturated/α-hetero) is 1. The Bertz CT molecular complexity index is 1530. The largest absolute Gasteiger partial charge is 0.462 e. The lowest BCUT2D eigenvalue weighted by Crippen LogP contribution is -2.48. The fourth-order valence-corrected chi connectivity index (χ4v) is 7.41. The summed E-state index contributed by atoms with van der Waals surface area (Å²) < 4.78 is 11.6. The van der Waals surface area contributed by atoms with E-state index in [2.05, 4.69) is 33.4 Å². The lowest BCUT2D eigenvalue weighted by Gasteiger charge is -2.40. The topological polar surface area (TPSA) is 96.4 Å². The van der Waals surface area contributed by atoms with Crippen LogP contribution in [0.1, 0.15) is 108 Å². The highest BCUT2D eigenvalue weighted by Gasteiger charge is 2.76. The average molecular weight is 659 g/mol. The molecule has 2 saturated carbocycles. The minimum absolute atomic E-state index is 0.0823. The fraction of sp³-hybridized carbons (Fsp3) is 0.548. The Labute approximate surface area is 289 Å². The zero-order chi connectivity index (χ0) is 36.1. The molecule has 6 heteroatoms. The van der Waals surface area contributed by atoms with Gasteiger partial charge in [-0.1, -0.05) is 99.6 Å². The summed E-state index contributed by atoms with van der Waals surface area (Å²) in [6, 6.07) is 0. The van der Waals surface area contributed by atoms with E-state index in [9.17, 15) is 19.8 Å². The number of aliphatic hydroxyl groups excluding tert-OH is 2. The lowest BCUT2D eigenvalue weighted by molar-refractivity contribution is -0.150. The third kappa shape index (κ3) is 9.66.